The molecule has 0 aliphatic carbocycles. The minimum atomic E-state index is 0.236. The first-order chi connectivity index (χ1) is 20.1. The fraction of sp³-hybridized carbons (Fsp3) is 0.108. The summed E-state index contributed by atoms with van der Waals surface area (Å²) in [4.78, 5) is 9.02. The summed E-state index contributed by atoms with van der Waals surface area (Å²) in [7, 11) is 0. The van der Waals surface area contributed by atoms with Gasteiger partial charge < -0.3 is 14.9 Å². The summed E-state index contributed by atoms with van der Waals surface area (Å²) in [5.74, 6) is 0.236. The molecule has 0 bridgehead atoms. The number of nitrogens with zero attached hydrogens (tertiary/aromatic N) is 3. The van der Waals surface area contributed by atoms with Gasteiger partial charge in [-0.2, -0.15) is 0 Å². The van der Waals surface area contributed by atoms with Crippen LogP contribution in [0.1, 0.15) is 30.5 Å². The highest BCUT2D eigenvalue weighted by Crippen LogP contribution is 2.34. The Balaban J connectivity index is 1.26. The Morgan fingerprint density at radius 2 is 1.07 bits per heavy atom. The van der Waals surface area contributed by atoms with Crippen molar-refractivity contribution in [1.82, 2.24) is 0 Å². The molecular weight excluding hydrogens is 502 g/mol. The van der Waals surface area contributed by atoms with Crippen molar-refractivity contribution in [2.45, 2.75) is 13.8 Å². The van der Waals surface area contributed by atoms with Crippen LogP contribution < -0.4 is 9.80 Å². The highest BCUT2D eigenvalue weighted by atomic mass is 16.3. The van der Waals surface area contributed by atoms with Crippen LogP contribution in [0.4, 0.5) is 28.4 Å². The summed E-state index contributed by atoms with van der Waals surface area (Å²) in [6.45, 7) is 6.02. The van der Waals surface area contributed by atoms with Crippen molar-refractivity contribution in [2.24, 2.45) is 4.99 Å². The third kappa shape index (κ3) is 6.92. The molecule has 0 unspecified atom stereocenters. The maximum atomic E-state index is 10.5. The number of hydrogen-bond acceptors (Lipinski definition) is 4. The Morgan fingerprint density at radius 3 is 1.59 bits per heavy atom. The molecule has 1 N–H and O–H groups in total. The van der Waals surface area contributed by atoms with E-state index in [4.69, 9.17) is 0 Å². The van der Waals surface area contributed by atoms with Gasteiger partial charge in [0, 0.05) is 53.7 Å². The summed E-state index contributed by atoms with van der Waals surface area (Å²) in [5.41, 5.74) is 8.12. The number of phenols is 1. The third-order valence-electron chi connectivity index (χ3n) is 7.04. The molecule has 5 aromatic rings. The van der Waals surface area contributed by atoms with Crippen molar-refractivity contribution in [3.05, 3.63) is 144 Å². The maximum Gasteiger partial charge on any atom is 0.126 e. The molecule has 41 heavy (non-hydrogen) atoms. The number of phenolic OH excluding ortho intramolecular Hbond substituents is 1. The average molecular weight is 538 g/mol. The number of hydrogen-bond donors (Lipinski definition) is 1. The summed E-state index contributed by atoms with van der Waals surface area (Å²) < 4.78 is 0. The second kappa shape index (κ2) is 13.3. The predicted octanol–water partition coefficient (Wildman–Crippen LogP) is 9.63. The van der Waals surface area contributed by atoms with E-state index >= 15 is 0 Å². The lowest BCUT2D eigenvalue weighted by Crippen LogP contribution is -2.21. The monoisotopic (exact) mass is 537 g/mol. The van der Waals surface area contributed by atoms with E-state index in [9.17, 15) is 5.11 Å². The molecule has 5 aromatic carbocycles. The van der Waals surface area contributed by atoms with Crippen LogP contribution in [0.3, 0.4) is 0 Å². The SMILES string of the molecule is CCN(CC)c1ccc(C=Nc2ccc(/C=C/c3ccc(N(c4ccccc4)c4ccccc4)cc3)cc2)c(O)c1. The highest BCUT2D eigenvalue weighted by molar-refractivity contribution is 5.86. The average Bonchev–Trinajstić information content (AvgIpc) is 3.02. The Kier molecular flexibility index (Phi) is 8.92. The van der Waals surface area contributed by atoms with Gasteiger partial charge in [0.05, 0.1) is 5.69 Å². The molecule has 0 saturated heterocycles. The summed E-state index contributed by atoms with van der Waals surface area (Å²) in [6.07, 6.45) is 5.93. The van der Waals surface area contributed by atoms with Crippen LogP contribution >= 0.6 is 0 Å². The van der Waals surface area contributed by atoms with Crippen molar-refractivity contribution in [3.63, 3.8) is 0 Å². The second-order valence-corrected chi connectivity index (χ2v) is 9.70. The van der Waals surface area contributed by atoms with Gasteiger partial charge in [-0.05, 0) is 85.6 Å². The minimum absolute atomic E-state index is 0.236. The number of benzene rings is 5. The van der Waals surface area contributed by atoms with E-state index in [0.717, 1.165) is 52.7 Å². The van der Waals surface area contributed by atoms with E-state index in [1.165, 1.54) is 0 Å². The molecule has 0 fully saturated rings. The normalized spacial score (nSPS) is 11.3. The van der Waals surface area contributed by atoms with Crippen LogP contribution in [0.15, 0.2) is 132 Å². The van der Waals surface area contributed by atoms with Crippen molar-refractivity contribution in [3.8, 4) is 5.75 Å². The van der Waals surface area contributed by atoms with Gasteiger partial charge in [0.1, 0.15) is 5.75 Å². The van der Waals surface area contributed by atoms with E-state index in [0.29, 0.717) is 5.56 Å². The van der Waals surface area contributed by atoms with Crippen LogP contribution in [-0.2, 0) is 0 Å². The fourth-order valence-corrected chi connectivity index (χ4v) is 4.77. The van der Waals surface area contributed by atoms with E-state index in [-0.39, 0.29) is 5.75 Å². The molecule has 5 rings (SSSR count). The lowest BCUT2D eigenvalue weighted by molar-refractivity contribution is 0.474. The van der Waals surface area contributed by atoms with E-state index in [1.807, 2.05) is 48.5 Å². The molecule has 0 radical (unpaired) electrons. The third-order valence-corrected chi connectivity index (χ3v) is 7.04. The van der Waals surface area contributed by atoms with Gasteiger partial charge in [0.15, 0.2) is 0 Å². The van der Waals surface area contributed by atoms with Crippen LogP contribution in [-0.4, -0.2) is 24.4 Å². The Morgan fingerprint density at radius 1 is 0.585 bits per heavy atom. The predicted molar refractivity (Wildman–Crippen MR) is 175 cm³/mol. The van der Waals surface area contributed by atoms with Crippen molar-refractivity contribution >= 4 is 46.8 Å². The van der Waals surface area contributed by atoms with E-state index < -0.39 is 0 Å². The number of para-hydroxylation sites is 2. The molecule has 0 atom stereocenters. The maximum absolute atomic E-state index is 10.5. The molecule has 0 amide bonds. The first-order valence-electron chi connectivity index (χ1n) is 14.0. The molecule has 204 valence electrons. The van der Waals surface area contributed by atoms with Gasteiger partial charge >= 0.3 is 0 Å². The van der Waals surface area contributed by atoms with Crippen LogP contribution in [0, 0.1) is 0 Å². The van der Waals surface area contributed by atoms with Crippen LogP contribution in [0.5, 0.6) is 5.75 Å². The Bertz CT molecular complexity index is 1550. The molecule has 0 heterocycles. The standard InChI is InChI=1S/C37H35N3O/c1-3-39(4-2)36-26-21-31(37(41)27-36)28-38-32-22-17-29(18-23-32)15-16-30-19-24-35(25-20-30)40(33-11-7-5-8-12-33)34-13-9-6-10-14-34/h5-28,41H,3-4H2,1-2H3/b16-15+,38-28?. The lowest BCUT2D eigenvalue weighted by atomic mass is 10.1. The van der Waals surface area contributed by atoms with Crippen LogP contribution in [0.25, 0.3) is 12.2 Å². The molecule has 0 saturated carbocycles. The zero-order chi connectivity index (χ0) is 28.4. The van der Waals surface area contributed by atoms with Gasteiger partial charge in [-0.25, -0.2) is 0 Å². The zero-order valence-electron chi connectivity index (χ0n) is 23.6. The van der Waals surface area contributed by atoms with Gasteiger partial charge in [-0.1, -0.05) is 72.8 Å². The summed E-state index contributed by atoms with van der Waals surface area (Å²) >= 11 is 0. The second-order valence-electron chi connectivity index (χ2n) is 9.70. The number of rotatable bonds is 10. The van der Waals surface area contributed by atoms with Crippen molar-refractivity contribution in [2.75, 3.05) is 22.9 Å². The molecule has 0 aromatic heterocycles. The summed E-state index contributed by atoms with van der Waals surface area (Å²) in [5, 5.41) is 10.5. The lowest BCUT2D eigenvalue weighted by Gasteiger charge is -2.25. The molecule has 4 nitrogen and oxygen atoms in total. The van der Waals surface area contributed by atoms with Gasteiger partial charge in [0.25, 0.3) is 0 Å². The highest BCUT2D eigenvalue weighted by Gasteiger charge is 2.11. The molecule has 0 aliphatic heterocycles. The smallest absolute Gasteiger partial charge is 0.126 e. The molecular formula is C37H35N3O. The quantitative estimate of drug-likeness (QED) is 0.142. The zero-order valence-corrected chi connectivity index (χ0v) is 23.6. The number of anilines is 4. The Labute approximate surface area is 243 Å². The first kappa shape index (κ1) is 27.5. The first-order valence-corrected chi connectivity index (χ1v) is 14.0. The minimum Gasteiger partial charge on any atom is -0.507 e. The topological polar surface area (TPSA) is 39.1 Å². The van der Waals surface area contributed by atoms with Crippen LogP contribution in [0.2, 0.25) is 0 Å². The van der Waals surface area contributed by atoms with Gasteiger partial charge in [0.2, 0.25) is 0 Å². The summed E-state index contributed by atoms with van der Waals surface area (Å²) in [6, 6.07) is 43.2. The molecule has 0 aliphatic rings. The largest absolute Gasteiger partial charge is 0.507 e. The van der Waals surface area contributed by atoms with E-state index in [2.05, 4.69) is 114 Å². The van der Waals surface area contributed by atoms with Gasteiger partial charge in [-0.15, -0.1) is 0 Å². The Hall–Kier alpha value is -5.09. The molecule has 0 spiro atoms. The van der Waals surface area contributed by atoms with Crippen molar-refractivity contribution < 1.29 is 5.11 Å². The van der Waals surface area contributed by atoms with E-state index in [1.54, 1.807) is 12.3 Å². The fourth-order valence-electron chi connectivity index (χ4n) is 4.77. The number of aliphatic imine (C=N–C) groups is 1. The molecule has 4 heteroatoms. The van der Waals surface area contributed by atoms with Gasteiger partial charge in [-0.3, -0.25) is 4.99 Å². The van der Waals surface area contributed by atoms with Crippen molar-refractivity contribution in [1.29, 1.82) is 0 Å². The number of aromatic hydroxyl groups is 1.